The first-order chi connectivity index (χ1) is 11.8. The summed E-state index contributed by atoms with van der Waals surface area (Å²) >= 11 is 0. The molecule has 1 aliphatic rings. The van der Waals surface area contributed by atoms with E-state index < -0.39 is 0 Å². The minimum atomic E-state index is -0.205. The number of carbonyl (C=O) groups excluding carboxylic acids is 2. The summed E-state index contributed by atoms with van der Waals surface area (Å²) in [5.41, 5.74) is 0.844. The molecule has 25 heavy (non-hydrogen) atoms. The molecule has 1 aliphatic carbocycles. The SMILES string of the molecule is COc1ccc(CNC(=O)C2CCC(C(=O)NC(C)(C)C)CC2)cc1. The first-order valence-corrected chi connectivity index (χ1v) is 9.01. The summed E-state index contributed by atoms with van der Waals surface area (Å²) in [6, 6.07) is 7.68. The van der Waals surface area contributed by atoms with Crippen molar-refractivity contribution in [1.29, 1.82) is 0 Å². The fourth-order valence-corrected chi connectivity index (χ4v) is 3.17. The van der Waals surface area contributed by atoms with Crippen molar-refractivity contribution in [1.82, 2.24) is 10.6 Å². The van der Waals surface area contributed by atoms with Gasteiger partial charge in [-0.3, -0.25) is 9.59 Å². The predicted molar refractivity (Wildman–Crippen MR) is 98.2 cm³/mol. The van der Waals surface area contributed by atoms with Gasteiger partial charge in [0.15, 0.2) is 0 Å². The van der Waals surface area contributed by atoms with Crippen LogP contribution in [0.4, 0.5) is 0 Å². The number of hydrogen-bond donors (Lipinski definition) is 2. The monoisotopic (exact) mass is 346 g/mol. The molecule has 0 spiro atoms. The highest BCUT2D eigenvalue weighted by atomic mass is 16.5. The van der Waals surface area contributed by atoms with Crippen LogP contribution in [0.1, 0.15) is 52.0 Å². The Morgan fingerprint density at radius 1 is 1.00 bits per heavy atom. The topological polar surface area (TPSA) is 67.4 Å². The van der Waals surface area contributed by atoms with Gasteiger partial charge in [-0.15, -0.1) is 0 Å². The van der Waals surface area contributed by atoms with Gasteiger partial charge in [-0.2, -0.15) is 0 Å². The van der Waals surface area contributed by atoms with Gasteiger partial charge in [-0.1, -0.05) is 12.1 Å². The third kappa shape index (κ3) is 6.07. The van der Waals surface area contributed by atoms with Crippen LogP contribution >= 0.6 is 0 Å². The minimum Gasteiger partial charge on any atom is -0.497 e. The van der Waals surface area contributed by atoms with Gasteiger partial charge in [0.25, 0.3) is 0 Å². The fraction of sp³-hybridized carbons (Fsp3) is 0.600. The molecule has 1 saturated carbocycles. The number of amides is 2. The number of benzene rings is 1. The first-order valence-electron chi connectivity index (χ1n) is 9.01. The van der Waals surface area contributed by atoms with E-state index in [2.05, 4.69) is 10.6 Å². The summed E-state index contributed by atoms with van der Waals surface area (Å²) in [5, 5.41) is 6.05. The molecular formula is C20H30N2O3. The standard InChI is InChI=1S/C20H30N2O3/c1-20(2,3)22-19(24)16-9-7-15(8-10-16)18(23)21-13-14-5-11-17(25-4)12-6-14/h5-6,11-12,15-16H,7-10,13H2,1-4H3,(H,21,23)(H,22,24). The first kappa shape index (κ1) is 19.3. The molecular weight excluding hydrogens is 316 g/mol. The Morgan fingerprint density at radius 2 is 1.52 bits per heavy atom. The van der Waals surface area contributed by atoms with Gasteiger partial charge in [-0.25, -0.2) is 0 Å². The number of nitrogens with one attached hydrogen (secondary N) is 2. The molecule has 2 amide bonds. The molecule has 0 aliphatic heterocycles. The Bertz CT molecular complexity index is 582. The van der Waals surface area contributed by atoms with Crippen molar-refractivity contribution in [2.45, 2.75) is 58.5 Å². The zero-order valence-electron chi connectivity index (χ0n) is 15.7. The van der Waals surface area contributed by atoms with Crippen LogP contribution in [0.15, 0.2) is 24.3 Å². The van der Waals surface area contributed by atoms with E-state index in [1.807, 2.05) is 45.0 Å². The smallest absolute Gasteiger partial charge is 0.223 e. The van der Waals surface area contributed by atoms with E-state index in [-0.39, 0.29) is 29.2 Å². The van der Waals surface area contributed by atoms with Gasteiger partial charge in [0.1, 0.15) is 5.75 Å². The molecule has 0 heterocycles. The highest BCUT2D eigenvalue weighted by Crippen LogP contribution is 2.29. The van der Waals surface area contributed by atoms with E-state index in [1.54, 1.807) is 7.11 Å². The maximum atomic E-state index is 12.4. The highest BCUT2D eigenvalue weighted by molar-refractivity contribution is 5.81. The molecule has 5 heteroatoms. The van der Waals surface area contributed by atoms with E-state index in [9.17, 15) is 9.59 Å². The van der Waals surface area contributed by atoms with Crippen LogP contribution in [0.2, 0.25) is 0 Å². The summed E-state index contributed by atoms with van der Waals surface area (Å²) in [7, 11) is 1.63. The molecule has 0 radical (unpaired) electrons. The van der Waals surface area contributed by atoms with E-state index in [1.165, 1.54) is 0 Å². The van der Waals surface area contributed by atoms with Crippen molar-refractivity contribution in [2.24, 2.45) is 11.8 Å². The largest absolute Gasteiger partial charge is 0.497 e. The third-order valence-electron chi connectivity index (χ3n) is 4.59. The summed E-state index contributed by atoms with van der Waals surface area (Å²) < 4.78 is 5.13. The third-order valence-corrected chi connectivity index (χ3v) is 4.59. The molecule has 2 rings (SSSR count). The molecule has 0 unspecified atom stereocenters. The molecule has 5 nitrogen and oxygen atoms in total. The van der Waals surface area contributed by atoms with E-state index in [4.69, 9.17) is 4.74 Å². The van der Waals surface area contributed by atoms with Crippen LogP contribution in [0, 0.1) is 11.8 Å². The second-order valence-corrected chi connectivity index (χ2v) is 7.85. The van der Waals surface area contributed by atoms with Gasteiger partial charge in [-0.05, 0) is 64.2 Å². The lowest BCUT2D eigenvalue weighted by Crippen LogP contribution is -2.45. The highest BCUT2D eigenvalue weighted by Gasteiger charge is 2.31. The Hall–Kier alpha value is -2.04. The lowest BCUT2D eigenvalue weighted by Gasteiger charge is -2.30. The number of carbonyl (C=O) groups is 2. The molecule has 138 valence electrons. The molecule has 1 aromatic rings. The summed E-state index contributed by atoms with van der Waals surface area (Å²) in [4.78, 5) is 24.6. The van der Waals surface area contributed by atoms with Crippen LogP contribution in [-0.2, 0) is 16.1 Å². The number of rotatable bonds is 5. The Balaban J connectivity index is 1.76. The van der Waals surface area contributed by atoms with Gasteiger partial charge in [0.2, 0.25) is 11.8 Å². The number of hydrogen-bond acceptors (Lipinski definition) is 3. The Labute approximate surface area is 150 Å². The molecule has 1 aromatic carbocycles. The van der Waals surface area contributed by atoms with E-state index in [0.717, 1.165) is 37.0 Å². The van der Waals surface area contributed by atoms with Gasteiger partial charge in [0.05, 0.1) is 7.11 Å². The second kappa shape index (κ2) is 8.37. The van der Waals surface area contributed by atoms with Crippen molar-refractivity contribution in [3.05, 3.63) is 29.8 Å². The number of methoxy groups -OCH3 is 1. The second-order valence-electron chi connectivity index (χ2n) is 7.85. The minimum absolute atomic E-state index is 0.0111. The van der Waals surface area contributed by atoms with Crippen LogP contribution in [0.25, 0.3) is 0 Å². The van der Waals surface area contributed by atoms with Gasteiger partial charge in [0, 0.05) is 23.9 Å². The molecule has 1 fully saturated rings. The normalized spacial score (nSPS) is 20.6. The van der Waals surface area contributed by atoms with E-state index in [0.29, 0.717) is 6.54 Å². The molecule has 0 atom stereocenters. The predicted octanol–water partition coefficient (Wildman–Crippen LogP) is 3.03. The van der Waals surface area contributed by atoms with Crippen LogP contribution in [-0.4, -0.2) is 24.5 Å². The van der Waals surface area contributed by atoms with Gasteiger partial charge >= 0.3 is 0 Å². The van der Waals surface area contributed by atoms with Crippen molar-refractivity contribution in [2.75, 3.05) is 7.11 Å². The maximum absolute atomic E-state index is 12.4. The quantitative estimate of drug-likeness (QED) is 0.861. The summed E-state index contributed by atoms with van der Waals surface area (Å²) in [6.07, 6.45) is 3.11. The van der Waals surface area contributed by atoms with Crippen LogP contribution < -0.4 is 15.4 Å². The van der Waals surface area contributed by atoms with Gasteiger partial charge < -0.3 is 15.4 Å². The van der Waals surface area contributed by atoms with Crippen molar-refractivity contribution >= 4 is 11.8 Å². The average Bonchev–Trinajstić information content (AvgIpc) is 2.58. The molecule has 0 bridgehead atoms. The fourth-order valence-electron chi connectivity index (χ4n) is 3.17. The molecule has 0 saturated heterocycles. The lowest BCUT2D eigenvalue weighted by molar-refractivity contribution is -0.131. The Kier molecular flexibility index (Phi) is 6.45. The van der Waals surface area contributed by atoms with Crippen molar-refractivity contribution < 1.29 is 14.3 Å². The summed E-state index contributed by atoms with van der Waals surface area (Å²) in [5.74, 6) is 1.05. The average molecular weight is 346 g/mol. The maximum Gasteiger partial charge on any atom is 0.223 e. The van der Waals surface area contributed by atoms with Crippen molar-refractivity contribution in [3.8, 4) is 5.75 Å². The van der Waals surface area contributed by atoms with E-state index >= 15 is 0 Å². The lowest BCUT2D eigenvalue weighted by atomic mass is 9.81. The molecule has 2 N–H and O–H groups in total. The zero-order chi connectivity index (χ0) is 18.4. The van der Waals surface area contributed by atoms with Crippen LogP contribution in [0.5, 0.6) is 5.75 Å². The Morgan fingerprint density at radius 3 is 2.00 bits per heavy atom. The van der Waals surface area contributed by atoms with Crippen molar-refractivity contribution in [3.63, 3.8) is 0 Å². The molecule has 0 aromatic heterocycles. The van der Waals surface area contributed by atoms with Crippen LogP contribution in [0.3, 0.4) is 0 Å². The number of ether oxygens (including phenoxy) is 1. The summed E-state index contributed by atoms with van der Waals surface area (Å²) in [6.45, 7) is 6.49. The zero-order valence-corrected chi connectivity index (χ0v) is 15.7.